The molecule has 0 bridgehead atoms. The average Bonchev–Trinajstić information content (AvgIpc) is 2.53. The molecule has 2 aromatic carbocycles. The van der Waals surface area contributed by atoms with Gasteiger partial charge in [0.25, 0.3) is 0 Å². The maximum atomic E-state index is 5.97. The number of halogens is 2. The second kappa shape index (κ2) is 10.5. The predicted octanol–water partition coefficient (Wildman–Crippen LogP) is 4.96. The lowest BCUT2D eigenvalue weighted by Crippen LogP contribution is -2.12. The van der Waals surface area contributed by atoms with Crippen LogP contribution in [0, 0.1) is 0 Å². The first-order chi connectivity index (χ1) is 10.7. The van der Waals surface area contributed by atoms with E-state index in [4.69, 9.17) is 9.47 Å². The fourth-order valence-electron chi connectivity index (χ4n) is 2.13. The van der Waals surface area contributed by atoms with Crippen molar-refractivity contribution in [2.45, 2.75) is 27.0 Å². The van der Waals surface area contributed by atoms with E-state index in [0.29, 0.717) is 13.2 Å². The predicted molar refractivity (Wildman–Crippen MR) is 101 cm³/mol. The van der Waals surface area contributed by atoms with Crippen LogP contribution in [0.15, 0.2) is 46.9 Å². The lowest BCUT2D eigenvalue weighted by atomic mass is 10.2. The fraction of sp³-hybridized carbons (Fsp3) is 0.333. The van der Waals surface area contributed by atoms with Crippen LogP contribution in [0.25, 0.3) is 0 Å². The highest BCUT2D eigenvalue weighted by atomic mass is 79.9. The van der Waals surface area contributed by atoms with E-state index in [1.807, 2.05) is 43.3 Å². The van der Waals surface area contributed by atoms with E-state index in [9.17, 15) is 0 Å². The third-order valence-corrected chi connectivity index (χ3v) is 3.76. The zero-order chi connectivity index (χ0) is 15.8. The number of hydrogen-bond acceptors (Lipinski definition) is 3. The second-order valence-electron chi connectivity index (χ2n) is 4.89. The molecule has 126 valence electrons. The summed E-state index contributed by atoms with van der Waals surface area (Å²) >= 11 is 3.60. The molecule has 0 saturated heterocycles. The van der Waals surface area contributed by atoms with Gasteiger partial charge in [-0.05, 0) is 52.7 Å². The van der Waals surface area contributed by atoms with Crippen LogP contribution in [0.3, 0.4) is 0 Å². The molecule has 3 nitrogen and oxygen atoms in total. The van der Waals surface area contributed by atoms with Gasteiger partial charge in [-0.1, -0.05) is 37.3 Å². The van der Waals surface area contributed by atoms with E-state index in [1.54, 1.807) is 0 Å². The summed E-state index contributed by atoms with van der Waals surface area (Å²) in [5.41, 5.74) is 2.30. The van der Waals surface area contributed by atoms with E-state index < -0.39 is 0 Å². The molecule has 0 aromatic heterocycles. The van der Waals surface area contributed by atoms with E-state index in [2.05, 4.69) is 34.2 Å². The Labute approximate surface area is 152 Å². The molecule has 0 aliphatic rings. The highest BCUT2D eigenvalue weighted by molar-refractivity contribution is 9.10. The number of rotatable bonds is 8. The number of nitrogens with one attached hydrogen (secondary N) is 1. The molecule has 0 aliphatic carbocycles. The van der Waals surface area contributed by atoms with Crippen LogP contribution in [-0.2, 0) is 13.2 Å². The molecule has 0 atom stereocenters. The molecule has 0 radical (unpaired) electrons. The summed E-state index contributed by atoms with van der Waals surface area (Å²) in [7, 11) is 0. The lowest BCUT2D eigenvalue weighted by Gasteiger charge is -2.15. The maximum absolute atomic E-state index is 5.97. The van der Waals surface area contributed by atoms with Gasteiger partial charge in [0.15, 0.2) is 11.5 Å². The van der Waals surface area contributed by atoms with Gasteiger partial charge in [0, 0.05) is 6.54 Å². The lowest BCUT2D eigenvalue weighted by molar-refractivity contribution is 0.267. The van der Waals surface area contributed by atoms with Gasteiger partial charge in [-0.25, -0.2) is 0 Å². The minimum atomic E-state index is 0. The van der Waals surface area contributed by atoms with Crippen molar-refractivity contribution in [1.82, 2.24) is 5.32 Å². The van der Waals surface area contributed by atoms with Crippen molar-refractivity contribution in [3.63, 3.8) is 0 Å². The van der Waals surface area contributed by atoms with Crippen LogP contribution in [0.2, 0.25) is 0 Å². The van der Waals surface area contributed by atoms with Crippen LogP contribution in [0.1, 0.15) is 25.0 Å². The standard InChI is InChI=1S/C18H22BrNO2.ClH/c1-3-20-12-15-10-16(19)18(17(11-15)21-4-2)22-13-14-8-6-5-7-9-14;/h5-11,20H,3-4,12-13H2,1-2H3;1H. The van der Waals surface area contributed by atoms with Gasteiger partial charge in [0.05, 0.1) is 11.1 Å². The summed E-state index contributed by atoms with van der Waals surface area (Å²) < 4.78 is 12.6. The Morgan fingerprint density at radius 1 is 1.00 bits per heavy atom. The smallest absolute Gasteiger partial charge is 0.175 e. The molecule has 5 heteroatoms. The molecule has 0 amide bonds. The Kier molecular flexibility index (Phi) is 9.07. The van der Waals surface area contributed by atoms with E-state index >= 15 is 0 Å². The Morgan fingerprint density at radius 2 is 1.74 bits per heavy atom. The van der Waals surface area contributed by atoms with Crippen LogP contribution in [0.5, 0.6) is 11.5 Å². The van der Waals surface area contributed by atoms with Gasteiger partial charge in [-0.2, -0.15) is 0 Å². The van der Waals surface area contributed by atoms with Crippen LogP contribution < -0.4 is 14.8 Å². The van der Waals surface area contributed by atoms with Crippen LogP contribution in [0.4, 0.5) is 0 Å². The zero-order valence-corrected chi connectivity index (χ0v) is 15.9. The van der Waals surface area contributed by atoms with Crippen molar-refractivity contribution >= 4 is 28.3 Å². The van der Waals surface area contributed by atoms with E-state index in [-0.39, 0.29) is 12.4 Å². The van der Waals surface area contributed by atoms with Gasteiger partial charge >= 0.3 is 0 Å². The summed E-state index contributed by atoms with van der Waals surface area (Å²) in [5, 5.41) is 3.32. The van der Waals surface area contributed by atoms with Gasteiger partial charge in [0.1, 0.15) is 6.61 Å². The fourth-order valence-corrected chi connectivity index (χ4v) is 2.73. The third kappa shape index (κ3) is 6.05. The molecule has 1 N–H and O–H groups in total. The molecule has 2 rings (SSSR count). The SMILES string of the molecule is CCNCc1cc(Br)c(OCc2ccccc2)c(OCC)c1.Cl. The minimum absolute atomic E-state index is 0. The quantitative estimate of drug-likeness (QED) is 0.679. The topological polar surface area (TPSA) is 30.5 Å². The van der Waals surface area contributed by atoms with Crippen molar-refractivity contribution in [2.75, 3.05) is 13.2 Å². The first-order valence-corrected chi connectivity index (χ1v) is 8.36. The van der Waals surface area contributed by atoms with Crippen molar-refractivity contribution in [3.05, 3.63) is 58.1 Å². The highest BCUT2D eigenvalue weighted by Gasteiger charge is 2.12. The van der Waals surface area contributed by atoms with Crippen molar-refractivity contribution < 1.29 is 9.47 Å². The zero-order valence-electron chi connectivity index (χ0n) is 13.5. The second-order valence-corrected chi connectivity index (χ2v) is 5.75. The summed E-state index contributed by atoms with van der Waals surface area (Å²) in [5.74, 6) is 1.53. The normalized spacial score (nSPS) is 10.0. The van der Waals surface area contributed by atoms with Gasteiger partial charge < -0.3 is 14.8 Å². The third-order valence-electron chi connectivity index (χ3n) is 3.17. The molecule has 0 saturated carbocycles. The maximum Gasteiger partial charge on any atom is 0.175 e. The Balaban J connectivity index is 0.00000264. The first kappa shape index (κ1) is 19.8. The van der Waals surface area contributed by atoms with E-state index in [1.165, 1.54) is 5.56 Å². The first-order valence-electron chi connectivity index (χ1n) is 7.57. The van der Waals surface area contributed by atoms with Crippen molar-refractivity contribution in [3.8, 4) is 11.5 Å². The highest BCUT2D eigenvalue weighted by Crippen LogP contribution is 2.37. The Hall–Kier alpha value is -1.23. The Morgan fingerprint density at radius 3 is 2.39 bits per heavy atom. The molecule has 0 fully saturated rings. The van der Waals surface area contributed by atoms with Crippen LogP contribution >= 0.6 is 28.3 Å². The van der Waals surface area contributed by atoms with Crippen molar-refractivity contribution in [2.24, 2.45) is 0 Å². The summed E-state index contributed by atoms with van der Waals surface area (Å²) in [4.78, 5) is 0. The summed E-state index contributed by atoms with van der Waals surface area (Å²) in [6.45, 7) is 6.95. The molecule has 0 heterocycles. The van der Waals surface area contributed by atoms with Gasteiger partial charge in [0.2, 0.25) is 0 Å². The molecular weight excluding hydrogens is 378 g/mol. The largest absolute Gasteiger partial charge is 0.490 e. The summed E-state index contributed by atoms with van der Waals surface area (Å²) in [6.07, 6.45) is 0. The monoisotopic (exact) mass is 399 g/mol. The Bertz CT molecular complexity index is 593. The molecular formula is C18H23BrClNO2. The van der Waals surface area contributed by atoms with Gasteiger partial charge in [-0.15, -0.1) is 12.4 Å². The molecule has 0 aliphatic heterocycles. The number of benzene rings is 2. The van der Waals surface area contributed by atoms with Crippen LogP contribution in [-0.4, -0.2) is 13.2 Å². The number of ether oxygens (including phenoxy) is 2. The van der Waals surface area contributed by atoms with Crippen molar-refractivity contribution in [1.29, 1.82) is 0 Å². The molecule has 23 heavy (non-hydrogen) atoms. The number of hydrogen-bond donors (Lipinski definition) is 1. The summed E-state index contributed by atoms with van der Waals surface area (Å²) in [6, 6.07) is 14.2. The molecule has 2 aromatic rings. The van der Waals surface area contributed by atoms with E-state index in [0.717, 1.165) is 34.6 Å². The minimum Gasteiger partial charge on any atom is -0.490 e. The van der Waals surface area contributed by atoms with Gasteiger partial charge in [-0.3, -0.25) is 0 Å². The molecule has 0 unspecified atom stereocenters. The molecule has 0 spiro atoms. The average molecular weight is 401 g/mol.